The first kappa shape index (κ1) is 25.3. The van der Waals surface area contributed by atoms with Gasteiger partial charge in [0, 0.05) is 0 Å². The molecule has 0 amide bonds. The molecule has 2 atom stereocenters. The SMILES string of the molecule is CC(C)CC(O)COC(=O)CC(O)(CC(=O)OCC(O)CC(C)C)C(=O)O. The lowest BCUT2D eigenvalue weighted by Crippen LogP contribution is -2.44. The molecule has 0 heterocycles. The van der Waals surface area contributed by atoms with Crippen molar-refractivity contribution >= 4 is 17.9 Å². The Hall–Kier alpha value is -1.71. The highest BCUT2D eigenvalue weighted by atomic mass is 16.5. The van der Waals surface area contributed by atoms with E-state index in [0.717, 1.165) is 0 Å². The highest BCUT2D eigenvalue weighted by Gasteiger charge is 2.42. The Balaban J connectivity index is 4.58. The van der Waals surface area contributed by atoms with Gasteiger partial charge >= 0.3 is 17.9 Å². The van der Waals surface area contributed by atoms with Crippen molar-refractivity contribution in [3.8, 4) is 0 Å². The summed E-state index contributed by atoms with van der Waals surface area (Å²) in [7, 11) is 0. The third-order valence-electron chi connectivity index (χ3n) is 3.63. The van der Waals surface area contributed by atoms with Crippen molar-refractivity contribution in [2.45, 2.75) is 71.2 Å². The number of rotatable bonds is 13. The molecule has 9 heteroatoms. The van der Waals surface area contributed by atoms with Crippen molar-refractivity contribution in [1.82, 2.24) is 0 Å². The number of carboxylic acid groups (broad SMARTS) is 1. The molecule has 27 heavy (non-hydrogen) atoms. The predicted octanol–water partition coefficient (Wildman–Crippen LogP) is 0.483. The molecule has 0 bridgehead atoms. The van der Waals surface area contributed by atoms with Crippen molar-refractivity contribution < 1.29 is 44.3 Å². The Morgan fingerprint density at radius 3 is 1.41 bits per heavy atom. The van der Waals surface area contributed by atoms with E-state index in [0.29, 0.717) is 12.8 Å². The fourth-order valence-corrected chi connectivity index (χ4v) is 2.40. The molecule has 4 N–H and O–H groups in total. The molecular formula is C18H32O9. The first-order valence-electron chi connectivity index (χ1n) is 8.98. The third kappa shape index (κ3) is 11.6. The topological polar surface area (TPSA) is 151 Å². The largest absolute Gasteiger partial charge is 0.479 e. The van der Waals surface area contributed by atoms with E-state index in [9.17, 15) is 29.7 Å². The quantitative estimate of drug-likeness (QED) is 0.328. The van der Waals surface area contributed by atoms with Gasteiger partial charge in [-0.05, 0) is 24.7 Å². The monoisotopic (exact) mass is 392 g/mol. The van der Waals surface area contributed by atoms with Crippen LogP contribution < -0.4 is 0 Å². The summed E-state index contributed by atoms with van der Waals surface area (Å²) in [6, 6.07) is 0. The Morgan fingerprint density at radius 1 is 0.815 bits per heavy atom. The average Bonchev–Trinajstić information content (AvgIpc) is 2.49. The van der Waals surface area contributed by atoms with Crippen LogP contribution in [0.3, 0.4) is 0 Å². The molecule has 0 aliphatic heterocycles. The van der Waals surface area contributed by atoms with Crippen LogP contribution in [0.1, 0.15) is 53.4 Å². The van der Waals surface area contributed by atoms with Crippen LogP contribution in [0.25, 0.3) is 0 Å². The highest BCUT2D eigenvalue weighted by Crippen LogP contribution is 2.19. The zero-order valence-electron chi connectivity index (χ0n) is 16.4. The third-order valence-corrected chi connectivity index (χ3v) is 3.63. The Morgan fingerprint density at radius 2 is 1.15 bits per heavy atom. The second-order valence-electron chi connectivity index (χ2n) is 7.62. The molecule has 0 fully saturated rings. The normalized spacial score (nSPS) is 15.9. The fraction of sp³-hybridized carbons (Fsp3) is 0.833. The minimum atomic E-state index is -2.69. The smallest absolute Gasteiger partial charge is 0.336 e. The number of carbonyl (C=O) groups excluding carboxylic acids is 2. The van der Waals surface area contributed by atoms with Gasteiger partial charge in [-0.1, -0.05) is 27.7 Å². The van der Waals surface area contributed by atoms with Gasteiger partial charge in [-0.3, -0.25) is 9.59 Å². The zero-order valence-corrected chi connectivity index (χ0v) is 16.4. The molecule has 0 radical (unpaired) electrons. The van der Waals surface area contributed by atoms with E-state index in [2.05, 4.69) is 0 Å². The molecule has 0 spiro atoms. The summed E-state index contributed by atoms with van der Waals surface area (Å²) in [5.74, 6) is -3.54. The minimum absolute atomic E-state index is 0.176. The number of carboxylic acids is 1. The summed E-state index contributed by atoms with van der Waals surface area (Å²) in [6.07, 6.45) is -2.97. The summed E-state index contributed by atoms with van der Waals surface area (Å²) < 4.78 is 9.54. The molecule has 0 aliphatic rings. The number of esters is 2. The molecule has 0 aliphatic carbocycles. The van der Waals surface area contributed by atoms with Gasteiger partial charge in [0.15, 0.2) is 5.60 Å². The number of aliphatic hydroxyl groups is 3. The summed E-state index contributed by atoms with van der Waals surface area (Å²) in [4.78, 5) is 34.8. The summed E-state index contributed by atoms with van der Waals surface area (Å²) in [5, 5.41) is 38.6. The number of hydrogen-bond donors (Lipinski definition) is 4. The van der Waals surface area contributed by atoms with Gasteiger partial charge in [0.1, 0.15) is 13.2 Å². The molecular weight excluding hydrogens is 360 g/mol. The molecule has 2 unspecified atom stereocenters. The van der Waals surface area contributed by atoms with Crippen LogP contribution in [0.2, 0.25) is 0 Å². The molecule has 0 aromatic heterocycles. The minimum Gasteiger partial charge on any atom is -0.479 e. The lowest BCUT2D eigenvalue weighted by atomic mass is 9.96. The maximum atomic E-state index is 11.8. The lowest BCUT2D eigenvalue weighted by molar-refractivity contribution is -0.174. The van der Waals surface area contributed by atoms with Crippen LogP contribution in [0.5, 0.6) is 0 Å². The van der Waals surface area contributed by atoms with Crippen molar-refractivity contribution in [1.29, 1.82) is 0 Å². The summed E-state index contributed by atoms with van der Waals surface area (Å²) >= 11 is 0. The van der Waals surface area contributed by atoms with Gasteiger partial charge in [0.25, 0.3) is 0 Å². The van der Waals surface area contributed by atoms with E-state index < -0.39 is 48.6 Å². The van der Waals surface area contributed by atoms with Crippen LogP contribution in [-0.4, -0.2) is 69.4 Å². The lowest BCUT2D eigenvalue weighted by Gasteiger charge is -2.22. The van der Waals surface area contributed by atoms with Crippen LogP contribution in [0, 0.1) is 11.8 Å². The zero-order chi connectivity index (χ0) is 21.2. The van der Waals surface area contributed by atoms with Crippen molar-refractivity contribution in [3.63, 3.8) is 0 Å². The molecule has 0 saturated carbocycles. The second kappa shape index (κ2) is 11.9. The van der Waals surface area contributed by atoms with Crippen LogP contribution in [0.15, 0.2) is 0 Å². The van der Waals surface area contributed by atoms with Crippen LogP contribution in [0.4, 0.5) is 0 Å². The fourth-order valence-electron chi connectivity index (χ4n) is 2.40. The van der Waals surface area contributed by atoms with Crippen LogP contribution >= 0.6 is 0 Å². The van der Waals surface area contributed by atoms with E-state index >= 15 is 0 Å². The Kier molecular flexibility index (Phi) is 11.1. The van der Waals surface area contributed by atoms with Gasteiger partial charge in [0.05, 0.1) is 25.0 Å². The van der Waals surface area contributed by atoms with Crippen LogP contribution in [-0.2, 0) is 23.9 Å². The maximum Gasteiger partial charge on any atom is 0.336 e. The molecule has 0 rings (SSSR count). The van der Waals surface area contributed by atoms with E-state index in [4.69, 9.17) is 14.6 Å². The number of carbonyl (C=O) groups is 3. The van der Waals surface area contributed by atoms with Gasteiger partial charge < -0.3 is 29.9 Å². The van der Waals surface area contributed by atoms with Crippen molar-refractivity contribution in [2.24, 2.45) is 11.8 Å². The molecule has 9 nitrogen and oxygen atoms in total. The van der Waals surface area contributed by atoms with Gasteiger partial charge in [-0.2, -0.15) is 0 Å². The highest BCUT2D eigenvalue weighted by molar-refractivity contribution is 5.89. The second-order valence-corrected chi connectivity index (χ2v) is 7.62. The van der Waals surface area contributed by atoms with E-state index in [1.807, 2.05) is 27.7 Å². The standard InChI is InChI=1S/C18H32O9/c1-11(2)5-13(19)9-26-15(21)7-18(25,17(23)24)8-16(22)27-10-14(20)6-12(3)4/h11-14,19-20,25H,5-10H2,1-4H3,(H,23,24). The number of aliphatic hydroxyl groups excluding tert-OH is 2. The van der Waals surface area contributed by atoms with E-state index in [-0.39, 0.29) is 25.0 Å². The van der Waals surface area contributed by atoms with Gasteiger partial charge in [-0.15, -0.1) is 0 Å². The summed E-state index contributed by atoms with van der Waals surface area (Å²) in [6.45, 7) is 6.82. The molecule has 0 aromatic rings. The van der Waals surface area contributed by atoms with Crippen molar-refractivity contribution in [2.75, 3.05) is 13.2 Å². The van der Waals surface area contributed by atoms with E-state index in [1.54, 1.807) is 0 Å². The van der Waals surface area contributed by atoms with Gasteiger partial charge in [0.2, 0.25) is 0 Å². The Labute approximate surface area is 159 Å². The molecule has 158 valence electrons. The first-order valence-corrected chi connectivity index (χ1v) is 8.98. The number of aliphatic carboxylic acids is 1. The summed E-state index contributed by atoms with van der Waals surface area (Å²) in [5.41, 5.74) is -2.69. The Bertz CT molecular complexity index is 453. The van der Waals surface area contributed by atoms with E-state index in [1.165, 1.54) is 0 Å². The van der Waals surface area contributed by atoms with Gasteiger partial charge in [-0.25, -0.2) is 4.79 Å². The predicted molar refractivity (Wildman–Crippen MR) is 94.7 cm³/mol. The number of ether oxygens (including phenoxy) is 2. The van der Waals surface area contributed by atoms with Crippen molar-refractivity contribution in [3.05, 3.63) is 0 Å². The maximum absolute atomic E-state index is 11.8. The number of hydrogen-bond acceptors (Lipinski definition) is 8. The molecule has 0 saturated heterocycles. The average molecular weight is 392 g/mol. The first-order chi connectivity index (χ1) is 12.4. The molecule has 0 aromatic carbocycles.